The zero-order valence-corrected chi connectivity index (χ0v) is 8.97. The number of unbranched alkanes of at least 4 members (excludes halogenated alkanes) is 3. The third kappa shape index (κ3) is 5.09. The fourth-order valence-corrected chi connectivity index (χ4v) is 1.82. The average molecular weight is 181 g/mol. The molecule has 0 aromatic carbocycles. The van der Waals surface area contributed by atoms with Crippen molar-refractivity contribution in [2.45, 2.75) is 45.4 Å². The maximum absolute atomic E-state index is 2.54. The molecular weight excluding hydrogens is 158 g/mol. The molecule has 1 saturated heterocycles. The summed E-state index contributed by atoms with van der Waals surface area (Å²) in [7, 11) is 0. The molecule has 1 fully saturated rings. The van der Waals surface area contributed by atoms with Crippen LogP contribution >= 0.6 is 0 Å². The highest BCUT2D eigenvalue weighted by molar-refractivity contribution is 4.85. The minimum Gasteiger partial charge on any atom is -0.300 e. The highest BCUT2D eigenvalue weighted by atomic mass is 15.1. The largest absolute Gasteiger partial charge is 0.300 e. The second kappa shape index (κ2) is 7.14. The zero-order chi connectivity index (χ0) is 9.36. The van der Waals surface area contributed by atoms with E-state index in [1.807, 2.05) is 0 Å². The minimum atomic E-state index is 1.19. The van der Waals surface area contributed by atoms with Gasteiger partial charge in [0.1, 0.15) is 0 Å². The Kier molecular flexibility index (Phi) is 5.92. The van der Waals surface area contributed by atoms with Crippen LogP contribution in [0.2, 0.25) is 0 Å². The highest BCUT2D eigenvalue weighted by Crippen LogP contribution is 2.06. The summed E-state index contributed by atoms with van der Waals surface area (Å²) in [6.07, 6.45) is 12.9. The van der Waals surface area contributed by atoms with Crippen molar-refractivity contribution < 1.29 is 0 Å². The van der Waals surface area contributed by atoms with Crippen molar-refractivity contribution in [1.29, 1.82) is 0 Å². The van der Waals surface area contributed by atoms with Gasteiger partial charge in [-0.2, -0.15) is 0 Å². The summed E-state index contributed by atoms with van der Waals surface area (Å²) in [5.41, 5.74) is 0. The maximum Gasteiger partial charge on any atom is 0.0163 e. The molecule has 0 N–H and O–H groups in total. The van der Waals surface area contributed by atoms with Crippen LogP contribution in [0, 0.1) is 0 Å². The van der Waals surface area contributed by atoms with Gasteiger partial charge >= 0.3 is 0 Å². The molecule has 0 aliphatic carbocycles. The molecule has 0 spiro atoms. The Labute approximate surface area is 82.8 Å². The van der Waals surface area contributed by atoms with Gasteiger partial charge in [-0.3, -0.25) is 4.90 Å². The van der Waals surface area contributed by atoms with Gasteiger partial charge in [0.25, 0.3) is 0 Å². The second-order valence-electron chi connectivity index (χ2n) is 3.97. The Morgan fingerprint density at radius 1 is 1.08 bits per heavy atom. The Bertz CT molecular complexity index is 134. The SMILES string of the molecule is CCCCCC=CCN1CCCC1. The topological polar surface area (TPSA) is 3.24 Å². The predicted molar refractivity (Wildman–Crippen MR) is 59.0 cm³/mol. The molecule has 0 aromatic rings. The van der Waals surface area contributed by atoms with Crippen LogP contribution in [0.1, 0.15) is 45.4 Å². The molecule has 13 heavy (non-hydrogen) atoms. The molecule has 1 aliphatic heterocycles. The molecule has 0 bridgehead atoms. The van der Waals surface area contributed by atoms with Gasteiger partial charge in [0.05, 0.1) is 0 Å². The molecular formula is C12H23N. The van der Waals surface area contributed by atoms with Crippen molar-refractivity contribution in [3.05, 3.63) is 12.2 Å². The van der Waals surface area contributed by atoms with E-state index < -0.39 is 0 Å². The Morgan fingerprint density at radius 2 is 1.85 bits per heavy atom. The van der Waals surface area contributed by atoms with Crippen molar-refractivity contribution in [3.8, 4) is 0 Å². The predicted octanol–water partition coefficient (Wildman–Crippen LogP) is 3.22. The van der Waals surface area contributed by atoms with Crippen LogP contribution in [0.4, 0.5) is 0 Å². The summed E-state index contributed by atoms with van der Waals surface area (Å²) in [5, 5.41) is 0. The van der Waals surface area contributed by atoms with E-state index >= 15 is 0 Å². The Balaban J connectivity index is 1.91. The van der Waals surface area contributed by atoms with Crippen molar-refractivity contribution in [2.75, 3.05) is 19.6 Å². The van der Waals surface area contributed by atoms with E-state index in [0.717, 1.165) is 0 Å². The third-order valence-electron chi connectivity index (χ3n) is 2.70. The van der Waals surface area contributed by atoms with E-state index in [0.29, 0.717) is 0 Å². The van der Waals surface area contributed by atoms with Crippen molar-refractivity contribution in [1.82, 2.24) is 4.90 Å². The minimum absolute atomic E-state index is 1.19. The van der Waals surface area contributed by atoms with Gasteiger partial charge in [0.2, 0.25) is 0 Å². The summed E-state index contributed by atoms with van der Waals surface area (Å²) >= 11 is 0. The summed E-state index contributed by atoms with van der Waals surface area (Å²) in [6.45, 7) is 6.08. The number of hydrogen-bond acceptors (Lipinski definition) is 1. The lowest BCUT2D eigenvalue weighted by molar-refractivity contribution is 0.377. The van der Waals surface area contributed by atoms with Crippen molar-refractivity contribution >= 4 is 0 Å². The quantitative estimate of drug-likeness (QED) is 0.449. The monoisotopic (exact) mass is 181 g/mol. The first kappa shape index (κ1) is 10.8. The molecule has 0 saturated carbocycles. The smallest absolute Gasteiger partial charge is 0.0163 e. The molecule has 1 aliphatic rings. The molecule has 0 atom stereocenters. The van der Waals surface area contributed by atoms with Gasteiger partial charge < -0.3 is 0 Å². The van der Waals surface area contributed by atoms with Crippen LogP contribution in [0.3, 0.4) is 0 Å². The first-order chi connectivity index (χ1) is 6.43. The third-order valence-corrected chi connectivity index (χ3v) is 2.70. The van der Waals surface area contributed by atoms with Crippen LogP contribution in [0.5, 0.6) is 0 Å². The van der Waals surface area contributed by atoms with Crippen molar-refractivity contribution in [3.63, 3.8) is 0 Å². The average Bonchev–Trinajstić information content (AvgIpc) is 2.63. The summed E-state index contributed by atoms with van der Waals surface area (Å²) in [5.74, 6) is 0. The van der Waals surface area contributed by atoms with Crippen molar-refractivity contribution in [2.24, 2.45) is 0 Å². The highest BCUT2D eigenvalue weighted by Gasteiger charge is 2.08. The first-order valence-corrected chi connectivity index (χ1v) is 5.81. The summed E-state index contributed by atoms with van der Waals surface area (Å²) in [6, 6.07) is 0. The Morgan fingerprint density at radius 3 is 2.54 bits per heavy atom. The van der Waals surface area contributed by atoms with Gasteiger partial charge in [-0.1, -0.05) is 31.9 Å². The number of rotatable bonds is 6. The fraction of sp³-hybridized carbons (Fsp3) is 0.833. The van der Waals surface area contributed by atoms with Crippen LogP contribution in [-0.2, 0) is 0 Å². The van der Waals surface area contributed by atoms with Gasteiger partial charge in [-0.25, -0.2) is 0 Å². The van der Waals surface area contributed by atoms with Crippen LogP contribution in [-0.4, -0.2) is 24.5 Å². The normalized spacial score (nSPS) is 18.8. The summed E-state index contributed by atoms with van der Waals surface area (Å²) < 4.78 is 0. The van der Waals surface area contributed by atoms with Gasteiger partial charge in [0.15, 0.2) is 0 Å². The van der Waals surface area contributed by atoms with E-state index in [1.54, 1.807) is 0 Å². The molecule has 1 rings (SSSR count). The van der Waals surface area contributed by atoms with Gasteiger partial charge in [-0.15, -0.1) is 0 Å². The lowest BCUT2D eigenvalue weighted by Gasteiger charge is -2.10. The molecule has 0 radical (unpaired) electrons. The molecule has 76 valence electrons. The van der Waals surface area contributed by atoms with E-state index in [9.17, 15) is 0 Å². The van der Waals surface area contributed by atoms with E-state index in [2.05, 4.69) is 24.0 Å². The Hall–Kier alpha value is -0.300. The second-order valence-corrected chi connectivity index (χ2v) is 3.97. The zero-order valence-electron chi connectivity index (χ0n) is 8.97. The van der Waals surface area contributed by atoms with Gasteiger partial charge in [0, 0.05) is 6.54 Å². The lowest BCUT2D eigenvalue weighted by Crippen LogP contribution is -2.18. The van der Waals surface area contributed by atoms with E-state index in [1.165, 1.54) is 58.2 Å². The summed E-state index contributed by atoms with van der Waals surface area (Å²) in [4.78, 5) is 2.54. The maximum atomic E-state index is 2.54. The number of nitrogens with zero attached hydrogens (tertiary/aromatic N) is 1. The molecule has 1 heterocycles. The molecule has 0 unspecified atom stereocenters. The number of allylic oxidation sites excluding steroid dienone is 1. The van der Waals surface area contributed by atoms with Crippen LogP contribution < -0.4 is 0 Å². The fourth-order valence-electron chi connectivity index (χ4n) is 1.82. The molecule has 0 amide bonds. The van der Waals surface area contributed by atoms with Crippen LogP contribution in [0.15, 0.2) is 12.2 Å². The standard InChI is InChI=1S/C12H23N/c1-2-3-4-5-6-7-10-13-11-8-9-12-13/h6-7H,2-5,8-12H2,1H3. The number of likely N-dealkylation sites (tertiary alicyclic amines) is 1. The lowest BCUT2D eigenvalue weighted by atomic mass is 10.2. The molecule has 1 nitrogen and oxygen atoms in total. The molecule has 1 heteroatoms. The molecule has 0 aromatic heterocycles. The number of hydrogen-bond donors (Lipinski definition) is 0. The first-order valence-electron chi connectivity index (χ1n) is 5.81. The van der Waals surface area contributed by atoms with Crippen LogP contribution in [0.25, 0.3) is 0 Å². The van der Waals surface area contributed by atoms with E-state index in [-0.39, 0.29) is 0 Å². The van der Waals surface area contributed by atoms with Gasteiger partial charge in [-0.05, 0) is 38.8 Å². The van der Waals surface area contributed by atoms with E-state index in [4.69, 9.17) is 0 Å².